The van der Waals surface area contributed by atoms with E-state index in [0.717, 1.165) is 24.8 Å². The van der Waals surface area contributed by atoms with Crippen LogP contribution in [0.1, 0.15) is 37.7 Å². The first kappa shape index (κ1) is 14.4. The number of amides is 1. The largest absolute Gasteiger partial charge is 0.409 e. The van der Waals surface area contributed by atoms with Crippen molar-refractivity contribution >= 4 is 11.7 Å². The highest BCUT2D eigenvalue weighted by atomic mass is 16.4. The summed E-state index contributed by atoms with van der Waals surface area (Å²) in [5.74, 6) is 0.0230. The van der Waals surface area contributed by atoms with Crippen molar-refractivity contribution in [3.63, 3.8) is 0 Å². The van der Waals surface area contributed by atoms with Crippen LogP contribution in [0, 0.1) is 0 Å². The van der Waals surface area contributed by atoms with Gasteiger partial charge in [0.2, 0.25) is 5.91 Å². The first-order chi connectivity index (χ1) is 9.69. The third-order valence-corrected chi connectivity index (χ3v) is 3.90. The molecule has 2 rings (SSSR count). The van der Waals surface area contributed by atoms with Crippen LogP contribution >= 0.6 is 0 Å². The second-order valence-corrected chi connectivity index (χ2v) is 5.09. The summed E-state index contributed by atoms with van der Waals surface area (Å²) in [5, 5.41) is 11.9. The number of nitrogens with zero attached hydrogens (tertiary/aromatic N) is 2. The van der Waals surface area contributed by atoms with Crippen LogP contribution in [-0.4, -0.2) is 34.4 Å². The normalized spacial score (nSPS) is 20.9. The molecule has 0 aromatic heterocycles. The number of rotatable bonds is 4. The minimum atomic E-state index is -0.273. The summed E-state index contributed by atoms with van der Waals surface area (Å²) < 4.78 is 0. The topological polar surface area (TPSA) is 78.9 Å². The summed E-state index contributed by atoms with van der Waals surface area (Å²) in [7, 11) is 0. The molecule has 0 saturated carbocycles. The van der Waals surface area contributed by atoms with Gasteiger partial charge in [-0.15, -0.1) is 0 Å². The van der Waals surface area contributed by atoms with E-state index in [1.165, 1.54) is 0 Å². The first-order valence-corrected chi connectivity index (χ1v) is 7.01. The van der Waals surface area contributed by atoms with Crippen molar-refractivity contribution in [1.29, 1.82) is 0 Å². The summed E-state index contributed by atoms with van der Waals surface area (Å²) in [6.07, 6.45) is 2.38. The van der Waals surface area contributed by atoms with Crippen LogP contribution in [0.2, 0.25) is 0 Å². The van der Waals surface area contributed by atoms with Gasteiger partial charge in [0, 0.05) is 6.54 Å². The van der Waals surface area contributed by atoms with Crippen LogP contribution in [0.15, 0.2) is 35.5 Å². The second kappa shape index (κ2) is 6.41. The average Bonchev–Trinajstić information content (AvgIpc) is 2.97. The van der Waals surface area contributed by atoms with Crippen molar-refractivity contribution < 1.29 is 10.0 Å². The molecule has 1 aromatic rings. The van der Waals surface area contributed by atoms with E-state index >= 15 is 0 Å². The lowest BCUT2D eigenvalue weighted by molar-refractivity contribution is -0.132. The van der Waals surface area contributed by atoms with Gasteiger partial charge in [0.25, 0.3) is 0 Å². The molecular formula is C15H21N3O2. The molecule has 0 bridgehead atoms. The zero-order chi connectivity index (χ0) is 14.5. The van der Waals surface area contributed by atoms with Crippen LogP contribution in [-0.2, 0) is 4.79 Å². The predicted octanol–water partition coefficient (Wildman–Crippen LogP) is 1.92. The molecule has 1 amide bonds. The van der Waals surface area contributed by atoms with Crippen molar-refractivity contribution in [2.75, 3.05) is 6.54 Å². The SMILES string of the molecule is CCC(C(=O)N1CCCC1C(N)=NO)c1ccccc1. The van der Waals surface area contributed by atoms with Crippen LogP contribution < -0.4 is 5.73 Å². The van der Waals surface area contributed by atoms with Gasteiger partial charge in [0.15, 0.2) is 5.84 Å². The van der Waals surface area contributed by atoms with Crippen molar-refractivity contribution in [3.05, 3.63) is 35.9 Å². The number of nitrogens with two attached hydrogens (primary N) is 1. The molecule has 1 aromatic carbocycles. The van der Waals surface area contributed by atoms with Gasteiger partial charge in [-0.25, -0.2) is 0 Å². The molecule has 108 valence electrons. The number of hydrogen-bond acceptors (Lipinski definition) is 3. The molecule has 1 heterocycles. The fraction of sp³-hybridized carbons (Fsp3) is 0.467. The van der Waals surface area contributed by atoms with Crippen LogP contribution in [0.3, 0.4) is 0 Å². The second-order valence-electron chi connectivity index (χ2n) is 5.09. The summed E-state index contributed by atoms with van der Waals surface area (Å²) in [4.78, 5) is 14.5. The highest BCUT2D eigenvalue weighted by molar-refractivity contribution is 5.92. The van der Waals surface area contributed by atoms with Gasteiger partial charge < -0.3 is 15.8 Å². The van der Waals surface area contributed by atoms with E-state index in [1.54, 1.807) is 4.90 Å². The third-order valence-electron chi connectivity index (χ3n) is 3.90. The summed E-state index contributed by atoms with van der Waals surface area (Å²) in [6.45, 7) is 2.67. The monoisotopic (exact) mass is 275 g/mol. The van der Waals surface area contributed by atoms with Gasteiger partial charge in [0.05, 0.1) is 12.0 Å². The Morgan fingerprint density at radius 3 is 2.80 bits per heavy atom. The molecule has 0 radical (unpaired) electrons. The zero-order valence-electron chi connectivity index (χ0n) is 11.7. The number of benzene rings is 1. The van der Waals surface area contributed by atoms with Gasteiger partial charge in [-0.05, 0) is 24.8 Å². The fourth-order valence-electron chi connectivity index (χ4n) is 2.84. The molecule has 2 atom stereocenters. The van der Waals surface area contributed by atoms with Crippen molar-refractivity contribution in [2.45, 2.75) is 38.1 Å². The van der Waals surface area contributed by atoms with E-state index in [1.807, 2.05) is 37.3 Å². The van der Waals surface area contributed by atoms with Gasteiger partial charge in [-0.3, -0.25) is 4.79 Å². The number of hydrogen-bond donors (Lipinski definition) is 2. The Bertz CT molecular complexity index is 487. The molecule has 3 N–H and O–H groups in total. The molecular weight excluding hydrogens is 254 g/mol. The van der Waals surface area contributed by atoms with Crippen LogP contribution in [0.4, 0.5) is 0 Å². The number of likely N-dealkylation sites (tertiary alicyclic amines) is 1. The number of amidine groups is 1. The Morgan fingerprint density at radius 1 is 1.50 bits per heavy atom. The first-order valence-electron chi connectivity index (χ1n) is 7.01. The number of oxime groups is 1. The Balaban J connectivity index is 2.21. The maximum absolute atomic E-state index is 12.7. The van der Waals surface area contributed by atoms with Gasteiger partial charge in [-0.1, -0.05) is 42.4 Å². The van der Waals surface area contributed by atoms with Gasteiger partial charge in [0.1, 0.15) is 0 Å². The number of carbonyl (C=O) groups is 1. The zero-order valence-corrected chi connectivity index (χ0v) is 11.7. The Labute approximate surface area is 119 Å². The molecule has 5 nitrogen and oxygen atoms in total. The van der Waals surface area contributed by atoms with E-state index in [2.05, 4.69) is 5.16 Å². The van der Waals surface area contributed by atoms with E-state index in [9.17, 15) is 4.79 Å². The molecule has 0 aliphatic carbocycles. The lowest BCUT2D eigenvalue weighted by Gasteiger charge is -2.28. The molecule has 2 unspecified atom stereocenters. The van der Waals surface area contributed by atoms with E-state index < -0.39 is 0 Å². The average molecular weight is 275 g/mol. The third kappa shape index (κ3) is 2.76. The number of carbonyl (C=O) groups excluding carboxylic acids is 1. The minimum Gasteiger partial charge on any atom is -0.409 e. The van der Waals surface area contributed by atoms with Crippen molar-refractivity contribution in [1.82, 2.24) is 4.90 Å². The standard InChI is InChI=1S/C15H21N3O2/c1-2-12(11-7-4-3-5-8-11)15(19)18-10-6-9-13(18)14(16)17-20/h3-5,7-8,12-13,20H,2,6,9-10H2,1H3,(H2,16,17). The van der Waals surface area contributed by atoms with Gasteiger partial charge >= 0.3 is 0 Å². The molecule has 20 heavy (non-hydrogen) atoms. The Hall–Kier alpha value is -2.04. The molecule has 1 saturated heterocycles. The highest BCUT2D eigenvalue weighted by Gasteiger charge is 2.35. The molecule has 1 aliphatic rings. The van der Waals surface area contributed by atoms with E-state index in [4.69, 9.17) is 10.9 Å². The molecule has 1 aliphatic heterocycles. The Morgan fingerprint density at radius 2 is 2.20 bits per heavy atom. The smallest absolute Gasteiger partial charge is 0.230 e. The van der Waals surface area contributed by atoms with Crippen LogP contribution in [0.5, 0.6) is 0 Å². The molecule has 0 spiro atoms. The molecule has 5 heteroatoms. The molecule has 1 fully saturated rings. The maximum Gasteiger partial charge on any atom is 0.230 e. The van der Waals surface area contributed by atoms with Crippen molar-refractivity contribution in [3.8, 4) is 0 Å². The van der Waals surface area contributed by atoms with Gasteiger partial charge in [-0.2, -0.15) is 0 Å². The van der Waals surface area contributed by atoms with E-state index in [-0.39, 0.29) is 23.7 Å². The quantitative estimate of drug-likeness (QED) is 0.381. The lowest BCUT2D eigenvalue weighted by Crippen LogP contribution is -2.45. The highest BCUT2D eigenvalue weighted by Crippen LogP contribution is 2.27. The summed E-state index contributed by atoms with van der Waals surface area (Å²) in [5.41, 5.74) is 6.71. The lowest BCUT2D eigenvalue weighted by atomic mass is 9.94. The summed E-state index contributed by atoms with van der Waals surface area (Å²) >= 11 is 0. The fourth-order valence-corrected chi connectivity index (χ4v) is 2.84. The van der Waals surface area contributed by atoms with Crippen molar-refractivity contribution in [2.24, 2.45) is 10.9 Å². The maximum atomic E-state index is 12.7. The van der Waals surface area contributed by atoms with E-state index in [0.29, 0.717) is 6.54 Å². The predicted molar refractivity (Wildman–Crippen MR) is 77.6 cm³/mol. The Kier molecular flexibility index (Phi) is 4.61. The minimum absolute atomic E-state index is 0.0628. The summed E-state index contributed by atoms with van der Waals surface area (Å²) in [6, 6.07) is 9.49. The van der Waals surface area contributed by atoms with Crippen LogP contribution in [0.25, 0.3) is 0 Å².